The van der Waals surface area contributed by atoms with Crippen LogP contribution in [0.4, 0.5) is 0 Å². The van der Waals surface area contributed by atoms with Crippen LogP contribution in [0.15, 0.2) is 67.2 Å². The Morgan fingerprint density at radius 2 is 1.25 bits per heavy atom. The molecule has 0 nitrogen and oxygen atoms in total. The van der Waals surface area contributed by atoms with Gasteiger partial charge in [0.05, 0.1) is 0 Å². The van der Waals surface area contributed by atoms with Crippen LogP contribution >= 0.6 is 0 Å². The van der Waals surface area contributed by atoms with E-state index in [1.165, 1.54) is 24.0 Å². The van der Waals surface area contributed by atoms with Gasteiger partial charge in [-0.15, -0.1) is 0 Å². The molecule has 20 heavy (non-hydrogen) atoms. The summed E-state index contributed by atoms with van der Waals surface area (Å²) in [5, 5.41) is 0. The van der Waals surface area contributed by atoms with Gasteiger partial charge in [-0.05, 0) is 22.6 Å². The van der Waals surface area contributed by atoms with Crippen molar-refractivity contribution in [1.82, 2.24) is 0 Å². The maximum atomic E-state index is 4.10. The van der Waals surface area contributed by atoms with E-state index in [4.69, 9.17) is 0 Å². The SMILES string of the molecule is C=C(c1ccccc1)c1ccccc1.CCCC(C)C. The van der Waals surface area contributed by atoms with Crippen LogP contribution in [0.5, 0.6) is 0 Å². The number of rotatable bonds is 4. The summed E-state index contributed by atoms with van der Waals surface area (Å²) in [4.78, 5) is 0. The lowest BCUT2D eigenvalue weighted by molar-refractivity contribution is 0.576. The van der Waals surface area contributed by atoms with E-state index in [1.54, 1.807) is 0 Å². The molecule has 0 fully saturated rings. The van der Waals surface area contributed by atoms with Crippen LogP contribution in [0.3, 0.4) is 0 Å². The molecule has 0 atom stereocenters. The lowest BCUT2D eigenvalue weighted by Gasteiger charge is -2.04. The molecule has 0 aromatic heterocycles. The molecule has 0 aliphatic heterocycles. The fourth-order valence-corrected chi connectivity index (χ4v) is 2.02. The average Bonchev–Trinajstić information content (AvgIpc) is 2.49. The first-order valence-corrected chi connectivity index (χ1v) is 7.44. The molecule has 2 aromatic rings. The molecule has 0 aliphatic carbocycles. The van der Waals surface area contributed by atoms with Crippen LogP contribution in [0.25, 0.3) is 5.57 Å². The van der Waals surface area contributed by atoms with E-state index in [9.17, 15) is 0 Å². The van der Waals surface area contributed by atoms with Gasteiger partial charge in [0.1, 0.15) is 0 Å². The van der Waals surface area contributed by atoms with Crippen molar-refractivity contribution < 1.29 is 0 Å². The maximum Gasteiger partial charge on any atom is -0.0183 e. The normalized spacial score (nSPS) is 9.80. The molecule has 0 saturated heterocycles. The van der Waals surface area contributed by atoms with Gasteiger partial charge in [-0.3, -0.25) is 0 Å². The molecule has 0 heterocycles. The summed E-state index contributed by atoms with van der Waals surface area (Å²) in [5.41, 5.74) is 3.43. The Kier molecular flexibility index (Phi) is 7.42. The van der Waals surface area contributed by atoms with Gasteiger partial charge in [-0.1, -0.05) is 101 Å². The van der Waals surface area contributed by atoms with E-state index < -0.39 is 0 Å². The van der Waals surface area contributed by atoms with Gasteiger partial charge in [-0.2, -0.15) is 0 Å². The molecule has 2 aromatic carbocycles. The molecular weight excluding hydrogens is 240 g/mol. The second-order valence-electron chi connectivity index (χ2n) is 5.39. The minimum Gasteiger partial charge on any atom is -0.0906 e. The fraction of sp³-hybridized carbons (Fsp3) is 0.300. The van der Waals surface area contributed by atoms with Crippen LogP contribution in [-0.4, -0.2) is 0 Å². The predicted molar refractivity (Wildman–Crippen MR) is 90.8 cm³/mol. The standard InChI is InChI=1S/C14H12.C6H14/c1-12(13-8-4-2-5-9-13)14-10-6-3-7-11-14;1-4-5-6(2)3/h2-11H,1H2;6H,4-5H2,1-3H3. The summed E-state index contributed by atoms with van der Waals surface area (Å²) < 4.78 is 0. The van der Waals surface area contributed by atoms with Gasteiger partial charge in [-0.25, -0.2) is 0 Å². The molecule has 0 unspecified atom stereocenters. The van der Waals surface area contributed by atoms with Gasteiger partial charge in [0, 0.05) is 0 Å². The van der Waals surface area contributed by atoms with E-state index >= 15 is 0 Å². The van der Waals surface area contributed by atoms with E-state index in [2.05, 4.69) is 51.6 Å². The molecular formula is C20H26. The predicted octanol–water partition coefficient (Wildman–Crippen LogP) is 6.19. The highest BCUT2D eigenvalue weighted by Gasteiger charge is 1.99. The van der Waals surface area contributed by atoms with Gasteiger partial charge < -0.3 is 0 Å². The van der Waals surface area contributed by atoms with Crippen LogP contribution in [-0.2, 0) is 0 Å². The molecule has 0 N–H and O–H groups in total. The van der Waals surface area contributed by atoms with E-state index in [-0.39, 0.29) is 0 Å². The monoisotopic (exact) mass is 266 g/mol. The molecule has 0 heteroatoms. The number of hydrogen-bond donors (Lipinski definition) is 0. The topological polar surface area (TPSA) is 0 Å². The number of hydrogen-bond acceptors (Lipinski definition) is 0. The Morgan fingerprint density at radius 1 is 0.850 bits per heavy atom. The van der Waals surface area contributed by atoms with Crippen molar-refractivity contribution in [3.63, 3.8) is 0 Å². The highest BCUT2D eigenvalue weighted by atomic mass is 14.0. The molecule has 0 aliphatic rings. The van der Waals surface area contributed by atoms with Crippen LogP contribution in [0.1, 0.15) is 44.7 Å². The van der Waals surface area contributed by atoms with E-state index in [1.807, 2.05) is 36.4 Å². The molecule has 0 bridgehead atoms. The third-order valence-corrected chi connectivity index (χ3v) is 3.11. The van der Waals surface area contributed by atoms with Crippen LogP contribution in [0, 0.1) is 5.92 Å². The Labute approximate surface area is 124 Å². The van der Waals surface area contributed by atoms with Crippen molar-refractivity contribution in [1.29, 1.82) is 0 Å². The zero-order chi connectivity index (χ0) is 14.8. The summed E-state index contributed by atoms with van der Waals surface area (Å²) in [6.45, 7) is 10.8. The molecule has 106 valence electrons. The van der Waals surface area contributed by atoms with Crippen LogP contribution in [0.2, 0.25) is 0 Å². The lowest BCUT2D eigenvalue weighted by atomic mass is 10.0. The Hall–Kier alpha value is -1.82. The zero-order valence-corrected chi connectivity index (χ0v) is 13.0. The zero-order valence-electron chi connectivity index (χ0n) is 13.0. The van der Waals surface area contributed by atoms with Gasteiger partial charge in [0.15, 0.2) is 0 Å². The minimum absolute atomic E-state index is 0.898. The van der Waals surface area contributed by atoms with Crippen LogP contribution < -0.4 is 0 Å². The maximum absolute atomic E-state index is 4.10. The summed E-state index contributed by atoms with van der Waals surface area (Å²) >= 11 is 0. The summed E-state index contributed by atoms with van der Waals surface area (Å²) in [5.74, 6) is 0.898. The van der Waals surface area contributed by atoms with E-state index in [0.717, 1.165) is 11.5 Å². The van der Waals surface area contributed by atoms with Crippen molar-refractivity contribution >= 4 is 5.57 Å². The average molecular weight is 266 g/mol. The van der Waals surface area contributed by atoms with Crippen molar-refractivity contribution in [2.75, 3.05) is 0 Å². The third kappa shape index (κ3) is 5.88. The Balaban J connectivity index is 0.000000286. The molecule has 0 saturated carbocycles. The minimum atomic E-state index is 0.898. The number of benzene rings is 2. The molecule has 0 spiro atoms. The first-order chi connectivity index (χ1) is 9.65. The highest BCUT2D eigenvalue weighted by Crippen LogP contribution is 2.20. The summed E-state index contributed by atoms with van der Waals surface area (Å²) in [6.07, 6.45) is 2.71. The summed E-state index contributed by atoms with van der Waals surface area (Å²) in [7, 11) is 0. The molecule has 0 radical (unpaired) electrons. The van der Waals surface area contributed by atoms with Gasteiger partial charge in [0.25, 0.3) is 0 Å². The first-order valence-electron chi connectivity index (χ1n) is 7.44. The van der Waals surface area contributed by atoms with Crippen molar-refractivity contribution in [2.24, 2.45) is 5.92 Å². The molecule has 0 amide bonds. The highest BCUT2D eigenvalue weighted by molar-refractivity contribution is 5.77. The van der Waals surface area contributed by atoms with Crippen molar-refractivity contribution in [2.45, 2.75) is 33.6 Å². The fourth-order valence-electron chi connectivity index (χ4n) is 2.02. The van der Waals surface area contributed by atoms with Crippen molar-refractivity contribution in [3.8, 4) is 0 Å². The van der Waals surface area contributed by atoms with Gasteiger partial charge in [0.2, 0.25) is 0 Å². The Bertz CT molecular complexity index is 438. The lowest BCUT2D eigenvalue weighted by Crippen LogP contribution is -1.84. The van der Waals surface area contributed by atoms with Crippen molar-refractivity contribution in [3.05, 3.63) is 78.4 Å². The van der Waals surface area contributed by atoms with E-state index in [0.29, 0.717) is 0 Å². The second kappa shape index (κ2) is 9.14. The summed E-state index contributed by atoms with van der Waals surface area (Å²) in [6, 6.07) is 20.5. The second-order valence-corrected chi connectivity index (χ2v) is 5.39. The Morgan fingerprint density at radius 3 is 1.50 bits per heavy atom. The largest absolute Gasteiger partial charge is 0.0906 e. The molecule has 2 rings (SSSR count). The smallest absolute Gasteiger partial charge is 0.0183 e. The quantitative estimate of drug-likeness (QED) is 0.619. The third-order valence-electron chi connectivity index (χ3n) is 3.11. The first kappa shape index (κ1) is 16.2. The van der Waals surface area contributed by atoms with Gasteiger partial charge >= 0.3 is 0 Å².